The van der Waals surface area contributed by atoms with Gasteiger partial charge in [0.1, 0.15) is 11.5 Å². The summed E-state index contributed by atoms with van der Waals surface area (Å²) in [7, 11) is 0. The highest BCUT2D eigenvalue weighted by Crippen LogP contribution is 2.19. The number of hydrogen-bond acceptors (Lipinski definition) is 3. The van der Waals surface area contributed by atoms with E-state index >= 15 is 0 Å². The Morgan fingerprint density at radius 2 is 2.14 bits per heavy atom. The Hall–Kier alpha value is -2.40. The van der Waals surface area contributed by atoms with Gasteiger partial charge in [0.25, 0.3) is 5.91 Å². The molecule has 2 heterocycles. The summed E-state index contributed by atoms with van der Waals surface area (Å²) < 4.78 is 5.28. The summed E-state index contributed by atoms with van der Waals surface area (Å²) in [5.41, 5.74) is 3.77. The van der Waals surface area contributed by atoms with Crippen LogP contribution >= 0.6 is 12.2 Å². The first-order chi connectivity index (χ1) is 10.5. The molecule has 1 aliphatic heterocycles. The molecule has 1 aromatic heterocycles. The number of nitrogens with zero attached hydrogens (tertiary/aromatic N) is 1. The van der Waals surface area contributed by atoms with Crippen LogP contribution in [0.1, 0.15) is 22.5 Å². The third-order valence-electron chi connectivity index (χ3n) is 3.59. The minimum atomic E-state index is -0.137. The first-order valence-electron chi connectivity index (χ1n) is 6.99. The van der Waals surface area contributed by atoms with E-state index in [0.29, 0.717) is 23.1 Å². The molecular formula is C17H16N2O2S. The average molecular weight is 312 g/mol. The summed E-state index contributed by atoms with van der Waals surface area (Å²) >= 11 is 5.25. The molecule has 0 saturated carbocycles. The van der Waals surface area contributed by atoms with Crippen molar-refractivity contribution in [1.82, 2.24) is 10.2 Å². The lowest BCUT2D eigenvalue weighted by molar-refractivity contribution is -0.122. The van der Waals surface area contributed by atoms with Crippen LogP contribution in [-0.4, -0.2) is 15.9 Å². The Balaban J connectivity index is 1.87. The van der Waals surface area contributed by atoms with Crippen LogP contribution in [0.4, 0.5) is 0 Å². The van der Waals surface area contributed by atoms with Crippen LogP contribution in [0.3, 0.4) is 0 Å². The molecule has 1 aromatic carbocycles. The van der Waals surface area contributed by atoms with Gasteiger partial charge in [-0.2, -0.15) is 0 Å². The van der Waals surface area contributed by atoms with Crippen LogP contribution in [0.2, 0.25) is 0 Å². The van der Waals surface area contributed by atoms with E-state index in [2.05, 4.69) is 17.4 Å². The van der Waals surface area contributed by atoms with E-state index in [1.54, 1.807) is 12.3 Å². The van der Waals surface area contributed by atoms with Gasteiger partial charge >= 0.3 is 0 Å². The highest BCUT2D eigenvalue weighted by molar-refractivity contribution is 7.80. The van der Waals surface area contributed by atoms with E-state index in [9.17, 15) is 4.79 Å². The van der Waals surface area contributed by atoms with Gasteiger partial charge in [0.2, 0.25) is 0 Å². The molecule has 0 radical (unpaired) electrons. The van der Waals surface area contributed by atoms with E-state index in [1.807, 2.05) is 32.1 Å². The maximum Gasteiger partial charge on any atom is 0.276 e. The number of carbonyl (C=O) groups excluding carboxylic acids is 1. The maximum atomic E-state index is 12.5. The Morgan fingerprint density at radius 3 is 2.86 bits per heavy atom. The highest BCUT2D eigenvalue weighted by atomic mass is 32.1. The van der Waals surface area contributed by atoms with Crippen molar-refractivity contribution in [2.45, 2.75) is 20.4 Å². The number of furan rings is 1. The van der Waals surface area contributed by atoms with Gasteiger partial charge in [-0.05, 0) is 55.4 Å². The Kier molecular flexibility index (Phi) is 3.81. The average Bonchev–Trinajstić information content (AvgIpc) is 3.08. The lowest BCUT2D eigenvalue weighted by Crippen LogP contribution is -2.29. The third kappa shape index (κ3) is 2.80. The number of rotatable bonds is 3. The number of benzene rings is 1. The zero-order valence-corrected chi connectivity index (χ0v) is 13.2. The summed E-state index contributed by atoms with van der Waals surface area (Å²) in [5, 5.41) is 3.39. The minimum absolute atomic E-state index is 0.137. The molecule has 0 bridgehead atoms. The summed E-state index contributed by atoms with van der Waals surface area (Å²) in [4.78, 5) is 14.0. The monoisotopic (exact) mass is 312 g/mol. The summed E-state index contributed by atoms with van der Waals surface area (Å²) in [6, 6.07) is 9.76. The molecule has 112 valence electrons. The van der Waals surface area contributed by atoms with Crippen LogP contribution < -0.4 is 5.32 Å². The van der Waals surface area contributed by atoms with Gasteiger partial charge in [-0.15, -0.1) is 0 Å². The molecule has 1 amide bonds. The molecule has 1 N–H and O–H groups in total. The molecule has 22 heavy (non-hydrogen) atoms. The Bertz CT molecular complexity index is 763. The van der Waals surface area contributed by atoms with Crippen molar-refractivity contribution in [1.29, 1.82) is 0 Å². The second-order valence-electron chi connectivity index (χ2n) is 5.32. The molecule has 3 rings (SSSR count). The number of thiocarbonyl (C=S) groups is 1. The van der Waals surface area contributed by atoms with Crippen LogP contribution in [0.25, 0.3) is 6.08 Å². The number of aryl methyl sites for hydroxylation is 2. The highest BCUT2D eigenvalue weighted by Gasteiger charge is 2.31. The maximum absolute atomic E-state index is 12.5. The zero-order chi connectivity index (χ0) is 15.7. The molecule has 0 atom stereocenters. The van der Waals surface area contributed by atoms with Crippen molar-refractivity contribution in [3.63, 3.8) is 0 Å². The van der Waals surface area contributed by atoms with Crippen LogP contribution in [-0.2, 0) is 11.3 Å². The van der Waals surface area contributed by atoms with Crippen molar-refractivity contribution in [3.8, 4) is 0 Å². The molecule has 5 heteroatoms. The van der Waals surface area contributed by atoms with Crippen molar-refractivity contribution in [2.24, 2.45) is 0 Å². The van der Waals surface area contributed by atoms with Gasteiger partial charge < -0.3 is 9.73 Å². The topological polar surface area (TPSA) is 45.5 Å². The SMILES string of the molecule is Cc1ccc(C)c(/C=C2\NC(=S)N(Cc3ccco3)C2=O)c1. The van der Waals surface area contributed by atoms with Crippen LogP contribution in [0, 0.1) is 13.8 Å². The largest absolute Gasteiger partial charge is 0.467 e. The van der Waals surface area contributed by atoms with E-state index in [0.717, 1.165) is 16.7 Å². The van der Waals surface area contributed by atoms with Crippen LogP contribution in [0.15, 0.2) is 46.7 Å². The molecule has 0 aliphatic carbocycles. The van der Waals surface area contributed by atoms with E-state index < -0.39 is 0 Å². The quantitative estimate of drug-likeness (QED) is 0.698. The molecule has 2 aromatic rings. The fourth-order valence-electron chi connectivity index (χ4n) is 2.34. The van der Waals surface area contributed by atoms with Gasteiger partial charge in [-0.25, -0.2) is 0 Å². The lowest BCUT2D eigenvalue weighted by Gasteiger charge is -2.11. The normalized spacial score (nSPS) is 16.5. The van der Waals surface area contributed by atoms with Gasteiger partial charge in [0.05, 0.1) is 12.8 Å². The fraction of sp³-hybridized carbons (Fsp3) is 0.176. The summed E-state index contributed by atoms with van der Waals surface area (Å²) in [5.74, 6) is 0.563. The zero-order valence-electron chi connectivity index (χ0n) is 12.4. The third-order valence-corrected chi connectivity index (χ3v) is 3.91. The first kappa shape index (κ1) is 14.5. The summed E-state index contributed by atoms with van der Waals surface area (Å²) in [6.07, 6.45) is 3.43. The molecule has 4 nitrogen and oxygen atoms in total. The number of carbonyl (C=O) groups is 1. The molecule has 1 saturated heterocycles. The van der Waals surface area contributed by atoms with Crippen molar-refractivity contribution in [2.75, 3.05) is 0 Å². The Labute approximate surface area is 134 Å². The minimum Gasteiger partial charge on any atom is -0.467 e. The van der Waals surface area contributed by atoms with Crippen molar-refractivity contribution < 1.29 is 9.21 Å². The number of amides is 1. The van der Waals surface area contributed by atoms with Crippen molar-refractivity contribution >= 4 is 29.3 Å². The second kappa shape index (κ2) is 5.77. The van der Waals surface area contributed by atoms with Crippen LogP contribution in [0.5, 0.6) is 0 Å². The molecule has 0 unspecified atom stereocenters. The van der Waals surface area contributed by atoms with E-state index in [1.165, 1.54) is 4.90 Å². The van der Waals surface area contributed by atoms with E-state index in [4.69, 9.17) is 16.6 Å². The molecular weight excluding hydrogens is 296 g/mol. The van der Waals surface area contributed by atoms with E-state index in [-0.39, 0.29) is 5.91 Å². The van der Waals surface area contributed by atoms with Crippen molar-refractivity contribution in [3.05, 3.63) is 64.7 Å². The fourth-order valence-corrected chi connectivity index (χ4v) is 2.60. The van der Waals surface area contributed by atoms with Gasteiger partial charge in [-0.3, -0.25) is 9.69 Å². The second-order valence-corrected chi connectivity index (χ2v) is 5.71. The molecule has 0 spiro atoms. The smallest absolute Gasteiger partial charge is 0.276 e. The number of hydrogen-bond donors (Lipinski definition) is 1. The predicted octanol–water partition coefficient (Wildman–Crippen LogP) is 3.15. The van der Waals surface area contributed by atoms with Gasteiger partial charge in [-0.1, -0.05) is 23.8 Å². The number of nitrogens with one attached hydrogen (secondary N) is 1. The molecule has 1 fully saturated rings. The standard InChI is InChI=1S/C17H16N2O2S/c1-11-5-6-12(2)13(8-11)9-15-16(20)19(17(22)18-15)10-14-4-3-7-21-14/h3-9H,10H2,1-2H3,(H,18,22)/b15-9-. The predicted molar refractivity (Wildman–Crippen MR) is 88.9 cm³/mol. The first-order valence-corrected chi connectivity index (χ1v) is 7.39. The van der Waals surface area contributed by atoms with Gasteiger partial charge in [0.15, 0.2) is 5.11 Å². The van der Waals surface area contributed by atoms with Gasteiger partial charge in [0, 0.05) is 0 Å². The summed E-state index contributed by atoms with van der Waals surface area (Å²) in [6.45, 7) is 4.38. The molecule has 1 aliphatic rings. The Morgan fingerprint density at radius 1 is 1.32 bits per heavy atom. The lowest BCUT2D eigenvalue weighted by atomic mass is 10.0.